The van der Waals surface area contributed by atoms with Crippen LogP contribution in [0, 0.1) is 11.8 Å². The Bertz CT molecular complexity index is 304. The highest BCUT2D eigenvalue weighted by Gasteiger charge is 2.26. The van der Waals surface area contributed by atoms with E-state index in [4.69, 9.17) is 19.9 Å². The molecule has 2 N–H and O–H groups in total. The van der Waals surface area contributed by atoms with Crippen LogP contribution in [-0.2, 0) is 23.8 Å². The van der Waals surface area contributed by atoms with Gasteiger partial charge in [0.2, 0.25) is 5.91 Å². The van der Waals surface area contributed by atoms with Crippen LogP contribution in [0.5, 0.6) is 0 Å². The van der Waals surface area contributed by atoms with E-state index in [9.17, 15) is 9.59 Å². The normalized spacial score (nSPS) is 13.2. The fourth-order valence-electron chi connectivity index (χ4n) is 1.80. The van der Waals surface area contributed by atoms with Gasteiger partial charge in [-0.1, -0.05) is 34.1 Å². The van der Waals surface area contributed by atoms with Gasteiger partial charge in [-0.2, -0.15) is 0 Å². The van der Waals surface area contributed by atoms with E-state index >= 15 is 0 Å². The maximum Gasteiger partial charge on any atom is 0.219 e. The molecule has 0 radical (unpaired) electrons. The second kappa shape index (κ2) is 18.4. The molecular weight excluding hydrogens is 310 g/mol. The Morgan fingerprint density at radius 1 is 1.00 bits per heavy atom. The van der Waals surface area contributed by atoms with Crippen LogP contribution >= 0.6 is 0 Å². The zero-order valence-corrected chi connectivity index (χ0v) is 16.1. The van der Waals surface area contributed by atoms with E-state index in [1.54, 1.807) is 7.11 Å². The number of Topliss-reactive ketones (excluding diaryl/α,β-unsaturated/α-hetero) is 1. The summed E-state index contributed by atoms with van der Waals surface area (Å²) in [5.41, 5.74) is 4.91. The summed E-state index contributed by atoms with van der Waals surface area (Å²) >= 11 is 0. The molecule has 0 atom stereocenters. The van der Waals surface area contributed by atoms with Crippen molar-refractivity contribution in [3.05, 3.63) is 0 Å². The van der Waals surface area contributed by atoms with Crippen LogP contribution in [0.1, 0.15) is 53.4 Å². The van der Waals surface area contributed by atoms with Crippen LogP contribution < -0.4 is 5.73 Å². The Kier molecular flexibility index (Phi) is 19.3. The second-order valence-corrected chi connectivity index (χ2v) is 5.62. The van der Waals surface area contributed by atoms with Gasteiger partial charge in [0.1, 0.15) is 5.78 Å². The number of ketones is 1. The minimum absolute atomic E-state index is 0.260. The number of rotatable bonds is 11. The number of primary amides is 1. The van der Waals surface area contributed by atoms with Gasteiger partial charge in [-0.05, 0) is 12.8 Å². The summed E-state index contributed by atoms with van der Waals surface area (Å²) in [4.78, 5) is 21.4. The molecule has 0 heterocycles. The molecule has 1 aliphatic rings. The number of amides is 1. The summed E-state index contributed by atoms with van der Waals surface area (Å²) in [7, 11) is 1.62. The molecule has 1 saturated carbocycles. The molecule has 6 heteroatoms. The average molecular weight is 347 g/mol. The van der Waals surface area contributed by atoms with Crippen LogP contribution in [0.4, 0.5) is 0 Å². The first-order chi connectivity index (χ1) is 11.5. The number of hydrogen-bond acceptors (Lipinski definition) is 5. The Labute approximate surface area is 147 Å². The van der Waals surface area contributed by atoms with Crippen molar-refractivity contribution in [1.29, 1.82) is 0 Å². The Morgan fingerprint density at radius 3 is 1.83 bits per heavy atom. The topological polar surface area (TPSA) is 87.8 Å². The first-order valence-corrected chi connectivity index (χ1v) is 8.95. The lowest BCUT2D eigenvalue weighted by molar-refractivity contribution is -0.128. The predicted octanol–water partition coefficient (Wildman–Crippen LogP) is 2.58. The molecule has 0 aromatic heterocycles. The van der Waals surface area contributed by atoms with Gasteiger partial charge in [0.15, 0.2) is 0 Å². The van der Waals surface area contributed by atoms with Crippen LogP contribution in [0.3, 0.4) is 0 Å². The van der Waals surface area contributed by atoms with Crippen LogP contribution in [0.15, 0.2) is 0 Å². The van der Waals surface area contributed by atoms with Crippen molar-refractivity contribution in [2.75, 3.05) is 40.1 Å². The highest BCUT2D eigenvalue weighted by atomic mass is 16.5. The molecular formula is C18H37NO5. The zero-order chi connectivity index (χ0) is 18.8. The lowest BCUT2D eigenvalue weighted by Crippen LogP contribution is -2.25. The van der Waals surface area contributed by atoms with Crippen molar-refractivity contribution < 1.29 is 23.8 Å². The molecule has 0 spiro atoms. The second-order valence-electron chi connectivity index (χ2n) is 5.62. The van der Waals surface area contributed by atoms with E-state index in [0.717, 1.165) is 12.8 Å². The SMILES string of the molecule is CC.CC(C)C(=O)C1CCC1.COCCOCCOCCC(N)=O. The highest BCUT2D eigenvalue weighted by molar-refractivity contribution is 5.83. The molecule has 0 aromatic rings. The summed E-state index contributed by atoms with van der Waals surface area (Å²) in [5.74, 6) is 0.821. The first-order valence-electron chi connectivity index (χ1n) is 8.95. The molecule has 0 aliphatic heterocycles. The van der Waals surface area contributed by atoms with Gasteiger partial charge in [0.25, 0.3) is 0 Å². The highest BCUT2D eigenvalue weighted by Crippen LogP contribution is 2.29. The molecule has 1 fully saturated rings. The lowest BCUT2D eigenvalue weighted by Gasteiger charge is -2.25. The third-order valence-corrected chi connectivity index (χ3v) is 3.37. The number of carbonyl (C=O) groups is 2. The van der Waals surface area contributed by atoms with E-state index in [0.29, 0.717) is 44.7 Å². The van der Waals surface area contributed by atoms with Gasteiger partial charge in [-0.25, -0.2) is 0 Å². The molecule has 144 valence electrons. The van der Waals surface area contributed by atoms with Crippen molar-refractivity contribution in [3.8, 4) is 0 Å². The molecule has 0 bridgehead atoms. The largest absolute Gasteiger partial charge is 0.382 e. The number of carbonyl (C=O) groups excluding carboxylic acids is 2. The van der Waals surface area contributed by atoms with Gasteiger partial charge in [0.05, 0.1) is 33.0 Å². The van der Waals surface area contributed by atoms with Crippen molar-refractivity contribution in [3.63, 3.8) is 0 Å². The first kappa shape index (κ1) is 25.3. The minimum atomic E-state index is -0.347. The number of nitrogens with two attached hydrogens (primary N) is 1. The van der Waals surface area contributed by atoms with Crippen LogP contribution in [0.25, 0.3) is 0 Å². The van der Waals surface area contributed by atoms with Gasteiger partial charge in [-0.15, -0.1) is 0 Å². The number of methoxy groups -OCH3 is 1. The fraction of sp³-hybridized carbons (Fsp3) is 0.889. The molecule has 24 heavy (non-hydrogen) atoms. The molecule has 1 amide bonds. The predicted molar refractivity (Wildman–Crippen MR) is 95.9 cm³/mol. The van der Waals surface area contributed by atoms with Crippen molar-refractivity contribution in [2.45, 2.75) is 53.4 Å². The van der Waals surface area contributed by atoms with E-state index < -0.39 is 0 Å². The van der Waals surface area contributed by atoms with Crippen LogP contribution in [0.2, 0.25) is 0 Å². The third-order valence-electron chi connectivity index (χ3n) is 3.37. The number of ether oxygens (including phenoxy) is 3. The van der Waals surface area contributed by atoms with Crippen molar-refractivity contribution >= 4 is 11.7 Å². The van der Waals surface area contributed by atoms with Gasteiger partial charge < -0.3 is 19.9 Å². The monoisotopic (exact) mass is 347 g/mol. The van der Waals surface area contributed by atoms with Crippen LogP contribution in [-0.4, -0.2) is 51.8 Å². The quantitative estimate of drug-likeness (QED) is 0.580. The summed E-state index contributed by atoms with van der Waals surface area (Å²) in [6.45, 7) is 10.5. The molecule has 0 unspecified atom stereocenters. The summed E-state index contributed by atoms with van der Waals surface area (Å²) in [6, 6.07) is 0. The third kappa shape index (κ3) is 15.9. The zero-order valence-electron chi connectivity index (χ0n) is 16.1. The Morgan fingerprint density at radius 2 is 1.50 bits per heavy atom. The molecule has 1 aliphatic carbocycles. The molecule has 1 rings (SSSR count). The Hall–Kier alpha value is -0.980. The smallest absolute Gasteiger partial charge is 0.219 e. The van der Waals surface area contributed by atoms with Gasteiger partial charge >= 0.3 is 0 Å². The van der Waals surface area contributed by atoms with Gasteiger partial charge in [-0.3, -0.25) is 9.59 Å². The Balaban J connectivity index is 0. The molecule has 6 nitrogen and oxygen atoms in total. The maximum atomic E-state index is 11.1. The minimum Gasteiger partial charge on any atom is -0.382 e. The average Bonchev–Trinajstić information content (AvgIpc) is 2.50. The molecule has 0 saturated heterocycles. The van der Waals surface area contributed by atoms with Gasteiger partial charge in [0, 0.05) is 25.4 Å². The summed E-state index contributed by atoms with van der Waals surface area (Å²) < 4.78 is 14.9. The summed E-state index contributed by atoms with van der Waals surface area (Å²) in [6.07, 6.45) is 3.83. The van der Waals surface area contributed by atoms with Crippen molar-refractivity contribution in [2.24, 2.45) is 17.6 Å². The van der Waals surface area contributed by atoms with Crippen molar-refractivity contribution in [1.82, 2.24) is 0 Å². The maximum absolute atomic E-state index is 11.1. The summed E-state index contributed by atoms with van der Waals surface area (Å²) in [5, 5.41) is 0. The standard InChI is InChI=1S/C8H17NO4.C8H14O.C2H6/c1-11-4-5-13-7-6-12-3-2-8(9)10;1-6(2)8(9)7-4-3-5-7;1-2/h2-7H2,1H3,(H2,9,10);6-7H,3-5H2,1-2H3;1-2H3. The number of hydrogen-bond donors (Lipinski definition) is 1. The fourth-order valence-corrected chi connectivity index (χ4v) is 1.80. The lowest BCUT2D eigenvalue weighted by atomic mass is 9.79. The van der Waals surface area contributed by atoms with E-state index in [1.165, 1.54) is 6.42 Å². The van der Waals surface area contributed by atoms with E-state index in [-0.39, 0.29) is 18.2 Å². The van der Waals surface area contributed by atoms with E-state index in [1.807, 2.05) is 27.7 Å². The molecule has 0 aromatic carbocycles. The van der Waals surface area contributed by atoms with E-state index in [2.05, 4.69) is 0 Å².